The summed E-state index contributed by atoms with van der Waals surface area (Å²) in [5.74, 6) is -1.29. The molecule has 0 aromatic carbocycles. The highest BCUT2D eigenvalue weighted by Gasteiger charge is 2.71. The summed E-state index contributed by atoms with van der Waals surface area (Å²) in [6.45, 7) is 6.02. The fourth-order valence-corrected chi connectivity index (χ4v) is 9.37. The first-order chi connectivity index (χ1) is 23.9. The average molecular weight is 704 g/mol. The molecule has 8 rings (SSSR count). The summed E-state index contributed by atoms with van der Waals surface area (Å²) in [5.41, 5.74) is -2.87. The zero-order valence-corrected chi connectivity index (χ0v) is 29.1. The molecule has 3 aromatic rings. The van der Waals surface area contributed by atoms with Gasteiger partial charge in [-0.25, -0.2) is 9.78 Å². The fourth-order valence-electron chi connectivity index (χ4n) is 9.15. The summed E-state index contributed by atoms with van der Waals surface area (Å²) in [6, 6.07) is 5.13. The Labute approximate surface area is 294 Å². The van der Waals surface area contributed by atoms with Crippen LogP contribution in [0.2, 0.25) is 0 Å². The highest BCUT2D eigenvalue weighted by molar-refractivity contribution is 7.80. The third-order valence-corrected chi connectivity index (χ3v) is 12.4. The highest BCUT2D eigenvalue weighted by atomic mass is 32.1. The van der Waals surface area contributed by atoms with Crippen molar-refractivity contribution in [3.63, 3.8) is 0 Å². The second kappa shape index (κ2) is 12.0. The molecule has 4 heterocycles. The van der Waals surface area contributed by atoms with Gasteiger partial charge in [0.15, 0.2) is 0 Å². The van der Waals surface area contributed by atoms with E-state index >= 15 is 0 Å². The van der Waals surface area contributed by atoms with Crippen LogP contribution in [-0.2, 0) is 23.8 Å². The Bertz CT molecular complexity index is 1880. The molecular weight excluding hydrogens is 662 g/mol. The second-order valence-electron chi connectivity index (χ2n) is 15.4. The number of esters is 2. The molecule has 12 nitrogen and oxygen atoms in total. The molecule has 264 valence electrons. The number of carbonyl (C=O) groups excluding carboxylic acids is 2. The van der Waals surface area contributed by atoms with Crippen LogP contribution in [0, 0.1) is 34.5 Å². The number of hydrogen-bond donors (Lipinski definition) is 1. The van der Waals surface area contributed by atoms with Crippen molar-refractivity contribution >= 4 is 29.3 Å². The summed E-state index contributed by atoms with van der Waals surface area (Å²) in [7, 11) is 0. The zero-order chi connectivity index (χ0) is 35.0. The molecule has 4 aliphatic carbocycles. The van der Waals surface area contributed by atoms with Gasteiger partial charge >= 0.3 is 17.6 Å². The molecule has 13 heteroatoms. The molecule has 3 aromatic heterocycles. The van der Waals surface area contributed by atoms with Gasteiger partial charge in [-0.05, 0) is 87.6 Å². The van der Waals surface area contributed by atoms with E-state index in [4.69, 9.17) is 35.6 Å². The van der Waals surface area contributed by atoms with Gasteiger partial charge in [-0.2, -0.15) is 0 Å². The van der Waals surface area contributed by atoms with Gasteiger partial charge in [0.25, 0.3) is 5.17 Å². The number of aliphatic hydroxyl groups excluding tert-OH is 1. The molecule has 4 fully saturated rings. The lowest BCUT2D eigenvalue weighted by atomic mass is 9.42. The summed E-state index contributed by atoms with van der Waals surface area (Å²) in [6.07, 6.45) is 10.00. The molecule has 8 atom stereocenters. The molecule has 0 bridgehead atoms. The van der Waals surface area contributed by atoms with E-state index in [1.54, 1.807) is 53.9 Å². The number of aromatic nitrogens is 3. The minimum Gasteiger partial charge on any atom is -0.482 e. The number of thiocarbonyl (C=S) groups is 1. The highest BCUT2D eigenvalue weighted by Crippen LogP contribution is 2.67. The molecule has 50 heavy (non-hydrogen) atoms. The van der Waals surface area contributed by atoms with E-state index in [9.17, 15) is 19.5 Å². The fraction of sp³-hybridized carbons (Fsp3) is 0.568. The number of imidazole rings is 1. The van der Waals surface area contributed by atoms with Crippen LogP contribution in [0.3, 0.4) is 0 Å². The Morgan fingerprint density at radius 3 is 2.48 bits per heavy atom. The molecule has 0 radical (unpaired) electrons. The Balaban J connectivity index is 1.23. The maximum atomic E-state index is 13.7. The van der Waals surface area contributed by atoms with E-state index < -0.39 is 46.3 Å². The lowest BCUT2D eigenvalue weighted by molar-refractivity contribution is -0.265. The van der Waals surface area contributed by atoms with Crippen LogP contribution in [0.5, 0.6) is 5.75 Å². The van der Waals surface area contributed by atoms with Crippen LogP contribution in [-0.4, -0.2) is 61.2 Å². The van der Waals surface area contributed by atoms with E-state index in [0.29, 0.717) is 24.8 Å². The SMILES string of the molecule is C[C@]12CC[C@H](OC(=O)C3CC3)[C@](C)(COC(=O)C3CC3)C1C[C@H](OC(=S)n1ccnc1)[C@@]1(C)Oc3cc(-c4cccnc4)oc(=O)c3C(O)C21. The zero-order valence-electron chi connectivity index (χ0n) is 28.3. The van der Waals surface area contributed by atoms with Gasteiger partial charge in [0, 0.05) is 47.8 Å². The third-order valence-electron chi connectivity index (χ3n) is 12.1. The normalized spacial score (nSPS) is 34.3. The van der Waals surface area contributed by atoms with Crippen molar-refractivity contribution in [2.24, 2.45) is 34.5 Å². The smallest absolute Gasteiger partial charge is 0.345 e. The quantitative estimate of drug-likeness (QED) is 0.260. The number of carbonyl (C=O) groups is 2. The summed E-state index contributed by atoms with van der Waals surface area (Å²) in [5, 5.41) is 12.6. The van der Waals surface area contributed by atoms with Crippen molar-refractivity contribution in [1.29, 1.82) is 0 Å². The lowest BCUT2D eigenvalue weighted by Crippen LogP contribution is -2.71. The van der Waals surface area contributed by atoms with Gasteiger partial charge in [0.1, 0.15) is 47.8 Å². The maximum Gasteiger partial charge on any atom is 0.345 e. The Morgan fingerprint density at radius 1 is 1.04 bits per heavy atom. The Kier molecular flexibility index (Phi) is 7.94. The topological polar surface area (TPSA) is 152 Å². The van der Waals surface area contributed by atoms with E-state index in [1.165, 1.54) is 0 Å². The molecule has 3 unspecified atom stereocenters. The average Bonchev–Trinajstić information content (AvgIpc) is 4.04. The van der Waals surface area contributed by atoms with Crippen molar-refractivity contribution in [3.05, 3.63) is 65.3 Å². The van der Waals surface area contributed by atoms with Gasteiger partial charge in [-0.3, -0.25) is 19.1 Å². The van der Waals surface area contributed by atoms with E-state index in [2.05, 4.69) is 16.9 Å². The first-order valence-corrected chi connectivity index (χ1v) is 17.8. The molecular formula is C37H41N3O9S. The van der Waals surface area contributed by atoms with Crippen LogP contribution in [0.1, 0.15) is 77.4 Å². The van der Waals surface area contributed by atoms with Crippen molar-refractivity contribution in [2.45, 2.75) is 89.6 Å². The molecule has 0 spiro atoms. The van der Waals surface area contributed by atoms with Crippen LogP contribution >= 0.6 is 12.2 Å². The van der Waals surface area contributed by atoms with Crippen molar-refractivity contribution < 1.29 is 38.1 Å². The molecule has 4 saturated carbocycles. The summed E-state index contributed by atoms with van der Waals surface area (Å²) in [4.78, 5) is 48.1. The van der Waals surface area contributed by atoms with Gasteiger partial charge in [0.05, 0.1) is 17.9 Å². The predicted molar refractivity (Wildman–Crippen MR) is 181 cm³/mol. The molecule has 0 amide bonds. The summed E-state index contributed by atoms with van der Waals surface area (Å²) >= 11 is 5.75. The minimum atomic E-state index is -1.31. The number of hydrogen-bond acceptors (Lipinski definition) is 12. The van der Waals surface area contributed by atoms with Crippen molar-refractivity contribution in [1.82, 2.24) is 14.5 Å². The minimum absolute atomic E-state index is 0.0253. The number of ether oxygens (including phenoxy) is 4. The van der Waals surface area contributed by atoms with E-state index in [1.807, 2.05) is 13.8 Å². The number of nitrogens with zero attached hydrogens (tertiary/aromatic N) is 3. The number of pyridine rings is 1. The first-order valence-electron chi connectivity index (χ1n) is 17.4. The monoisotopic (exact) mass is 703 g/mol. The van der Waals surface area contributed by atoms with Crippen LogP contribution in [0.25, 0.3) is 11.3 Å². The summed E-state index contributed by atoms with van der Waals surface area (Å²) < 4.78 is 33.1. The number of rotatable bonds is 7. The first kappa shape index (κ1) is 33.1. The van der Waals surface area contributed by atoms with Gasteiger partial charge in [0.2, 0.25) is 0 Å². The van der Waals surface area contributed by atoms with E-state index in [-0.39, 0.29) is 58.5 Å². The predicted octanol–water partition coefficient (Wildman–Crippen LogP) is 5.02. The largest absolute Gasteiger partial charge is 0.482 e. The van der Waals surface area contributed by atoms with Crippen LogP contribution < -0.4 is 10.4 Å². The standard InChI is InChI=1S/C37H41N3O9S/c1-35-11-10-26(47-32(43)21-8-9-21)36(2,18-45-31(42)20-6-7-20)25(35)16-27(48-34(50)40-14-13-39-19-40)37(3)30(35)29(41)28-24(49-37)15-23(46-33(28)44)22-5-4-12-38-17-22/h4-5,12-15,17,19-21,25-27,29-30,41H,6-11,16,18H2,1-3H3/t25?,26-,27-,29?,30?,35-,36+,37+/m0/s1. The van der Waals surface area contributed by atoms with Gasteiger partial charge < -0.3 is 28.5 Å². The second-order valence-corrected chi connectivity index (χ2v) is 15.7. The third kappa shape index (κ3) is 5.44. The Morgan fingerprint density at radius 2 is 1.80 bits per heavy atom. The van der Waals surface area contributed by atoms with Gasteiger partial charge in [-0.15, -0.1) is 0 Å². The Hall–Kier alpha value is -4.10. The maximum absolute atomic E-state index is 13.7. The molecule has 1 N–H and O–H groups in total. The molecule has 1 aliphatic heterocycles. The van der Waals surface area contributed by atoms with Crippen molar-refractivity contribution in [3.8, 4) is 17.1 Å². The van der Waals surface area contributed by atoms with Crippen LogP contribution in [0.4, 0.5) is 0 Å². The lowest BCUT2D eigenvalue weighted by Gasteiger charge is -2.66. The van der Waals surface area contributed by atoms with Crippen molar-refractivity contribution in [2.75, 3.05) is 6.61 Å². The molecule has 0 saturated heterocycles. The van der Waals surface area contributed by atoms with Gasteiger partial charge in [-0.1, -0.05) is 13.8 Å². The molecule has 5 aliphatic rings. The van der Waals surface area contributed by atoms with Crippen LogP contribution in [0.15, 0.2) is 58.5 Å². The van der Waals surface area contributed by atoms with E-state index in [0.717, 1.165) is 25.7 Å². The number of fused-ring (bicyclic) bond motifs is 4. The number of aliphatic hydroxyl groups is 1.